The van der Waals surface area contributed by atoms with Gasteiger partial charge in [0.25, 0.3) is 0 Å². The Kier molecular flexibility index (Phi) is 9.48. The van der Waals surface area contributed by atoms with E-state index in [2.05, 4.69) is 0 Å². The van der Waals surface area contributed by atoms with Crippen LogP contribution in [0.1, 0.15) is 56.0 Å². The summed E-state index contributed by atoms with van der Waals surface area (Å²) in [5.74, 6) is -6.18. The molecule has 0 radical (unpaired) electrons. The first-order valence-electron chi connectivity index (χ1n) is 15.4. The van der Waals surface area contributed by atoms with Crippen molar-refractivity contribution in [1.82, 2.24) is 0 Å². The Balaban J connectivity index is 1.37. The number of aromatic hydroxyl groups is 6. The van der Waals surface area contributed by atoms with Crippen molar-refractivity contribution < 1.29 is 74.9 Å². The maximum atomic E-state index is 13.5. The third kappa shape index (κ3) is 6.59. The number of fused-ring (bicyclic) bond motifs is 1. The van der Waals surface area contributed by atoms with Gasteiger partial charge in [-0.1, -0.05) is 30.3 Å². The highest BCUT2D eigenvalue weighted by Gasteiger charge is 2.47. The summed E-state index contributed by atoms with van der Waals surface area (Å²) < 4.78 is 17.2. The zero-order chi connectivity index (χ0) is 36.7. The van der Waals surface area contributed by atoms with Crippen molar-refractivity contribution in [2.24, 2.45) is 0 Å². The number of carbonyl (C=O) groups excluding carboxylic acids is 2. The van der Waals surface area contributed by atoms with Crippen LogP contribution >= 0.6 is 0 Å². The normalized spacial score (nSPS) is 23.1. The van der Waals surface area contributed by atoms with Crippen molar-refractivity contribution in [2.45, 2.75) is 43.0 Å². The first kappa shape index (κ1) is 35.0. The van der Waals surface area contributed by atoms with E-state index in [-0.39, 0.29) is 35.0 Å². The van der Waals surface area contributed by atoms with Crippen LogP contribution in [0.3, 0.4) is 0 Å². The summed E-state index contributed by atoms with van der Waals surface area (Å²) in [5.41, 5.74) is -0.676. The fraction of sp³-hybridized carbons (Fsp3) is 0.222. The number of phenolic OH excluding ortho intramolecular Hbond substituents is 6. The summed E-state index contributed by atoms with van der Waals surface area (Å²) in [6.45, 7) is -0.845. The Morgan fingerprint density at radius 3 is 2.18 bits per heavy atom. The number of rotatable bonds is 8. The lowest BCUT2D eigenvalue weighted by Crippen LogP contribution is -2.55. The predicted molar refractivity (Wildman–Crippen MR) is 174 cm³/mol. The van der Waals surface area contributed by atoms with Crippen molar-refractivity contribution in [3.05, 3.63) is 94.6 Å². The number of ketones is 2. The lowest BCUT2D eigenvalue weighted by Gasteiger charge is -2.40. The van der Waals surface area contributed by atoms with Crippen LogP contribution in [0.15, 0.2) is 66.7 Å². The molecule has 0 bridgehead atoms. The Labute approximate surface area is 288 Å². The highest BCUT2D eigenvalue weighted by molar-refractivity contribution is 6.11. The second-order valence-corrected chi connectivity index (χ2v) is 11.9. The monoisotopic (exact) mass is 704 g/mol. The van der Waals surface area contributed by atoms with Crippen LogP contribution in [0, 0.1) is 0 Å². The molecular formula is C36H32O15. The molecule has 0 amide bonds. The van der Waals surface area contributed by atoms with Crippen LogP contribution in [-0.4, -0.2) is 93.7 Å². The van der Waals surface area contributed by atoms with E-state index in [4.69, 9.17) is 14.2 Å². The number of phenols is 6. The van der Waals surface area contributed by atoms with Crippen LogP contribution in [-0.2, 0) is 4.74 Å². The topological polar surface area (TPSA) is 264 Å². The maximum Gasteiger partial charge on any atom is 0.212 e. The number of hydrogen-bond donors (Lipinski definition) is 10. The number of allylic oxidation sites excluding steroid dienone is 1. The summed E-state index contributed by atoms with van der Waals surface area (Å²) in [5, 5.41) is 105. The minimum atomic E-state index is -2.01. The van der Waals surface area contributed by atoms with Gasteiger partial charge in [0.05, 0.1) is 18.6 Å². The van der Waals surface area contributed by atoms with E-state index in [1.54, 1.807) is 0 Å². The average Bonchev–Trinajstić information content (AvgIpc) is 3.09. The molecule has 0 aliphatic carbocycles. The Bertz CT molecular complexity index is 2000. The Morgan fingerprint density at radius 2 is 1.51 bits per heavy atom. The van der Waals surface area contributed by atoms with E-state index in [9.17, 15) is 60.7 Å². The molecule has 1 fully saturated rings. The van der Waals surface area contributed by atoms with Crippen molar-refractivity contribution in [3.63, 3.8) is 0 Å². The summed E-state index contributed by atoms with van der Waals surface area (Å²) in [6, 6.07) is 13.6. The second kappa shape index (κ2) is 13.8. The average molecular weight is 705 g/mol. The molecule has 2 heterocycles. The zero-order valence-electron chi connectivity index (χ0n) is 26.3. The van der Waals surface area contributed by atoms with Crippen molar-refractivity contribution in [1.29, 1.82) is 0 Å². The van der Waals surface area contributed by atoms with Gasteiger partial charge in [-0.25, -0.2) is 0 Å². The van der Waals surface area contributed by atoms with Crippen LogP contribution < -0.4 is 9.47 Å². The molecule has 0 saturated carbocycles. The van der Waals surface area contributed by atoms with Gasteiger partial charge in [-0.15, -0.1) is 0 Å². The van der Waals surface area contributed by atoms with Crippen LogP contribution in [0.25, 0.3) is 6.08 Å². The molecule has 0 spiro atoms. The van der Waals surface area contributed by atoms with E-state index in [0.29, 0.717) is 11.1 Å². The van der Waals surface area contributed by atoms with Crippen LogP contribution in [0.5, 0.6) is 51.7 Å². The number of carbonyl (C=O) groups is 2. The van der Waals surface area contributed by atoms with Gasteiger partial charge in [0, 0.05) is 12.1 Å². The minimum absolute atomic E-state index is 0.0228. The first-order chi connectivity index (χ1) is 24.3. The minimum Gasteiger partial charge on any atom is -0.508 e. The Hall–Kier alpha value is -5.84. The molecule has 2 aliphatic heterocycles. The second-order valence-electron chi connectivity index (χ2n) is 11.9. The molecule has 4 aromatic rings. The smallest absolute Gasteiger partial charge is 0.212 e. The van der Waals surface area contributed by atoms with E-state index in [0.717, 1.165) is 12.1 Å². The maximum absolute atomic E-state index is 13.5. The number of ether oxygens (including phenoxy) is 3. The molecule has 6 rings (SSSR count). The number of Topliss-reactive ketones (excluding diaryl/α,β-unsaturated/α-hetero) is 1. The molecule has 15 heteroatoms. The highest BCUT2D eigenvalue weighted by atomic mass is 16.5. The summed E-state index contributed by atoms with van der Waals surface area (Å²) in [7, 11) is 0. The molecular weight excluding hydrogens is 672 g/mol. The van der Waals surface area contributed by atoms with E-state index >= 15 is 0 Å². The number of aliphatic hydroxyl groups excluding tert-OH is 4. The van der Waals surface area contributed by atoms with Gasteiger partial charge >= 0.3 is 0 Å². The molecule has 10 N–H and O–H groups in total. The van der Waals surface area contributed by atoms with Crippen molar-refractivity contribution >= 4 is 17.6 Å². The lowest BCUT2D eigenvalue weighted by atomic mass is 9.88. The molecule has 1 saturated heterocycles. The lowest BCUT2D eigenvalue weighted by molar-refractivity contribution is -0.232. The first-order valence-corrected chi connectivity index (χ1v) is 15.4. The summed E-state index contributed by atoms with van der Waals surface area (Å²) in [6.07, 6.45) is -7.79. The molecule has 6 atom stereocenters. The third-order valence-corrected chi connectivity index (χ3v) is 8.61. The summed E-state index contributed by atoms with van der Waals surface area (Å²) in [4.78, 5) is 26.2. The fourth-order valence-corrected chi connectivity index (χ4v) is 5.97. The Morgan fingerprint density at radius 1 is 0.824 bits per heavy atom. The largest absolute Gasteiger partial charge is 0.508 e. The predicted octanol–water partition coefficient (Wildman–Crippen LogP) is 2.83. The van der Waals surface area contributed by atoms with Gasteiger partial charge in [0.1, 0.15) is 82.2 Å². The quantitative estimate of drug-likeness (QED) is 0.0934. The van der Waals surface area contributed by atoms with Crippen molar-refractivity contribution in [3.8, 4) is 51.7 Å². The third-order valence-electron chi connectivity index (χ3n) is 8.61. The molecule has 266 valence electrons. The zero-order valence-corrected chi connectivity index (χ0v) is 26.3. The number of hydrogen-bond acceptors (Lipinski definition) is 15. The van der Waals surface area contributed by atoms with Gasteiger partial charge in [0.2, 0.25) is 5.75 Å². The van der Waals surface area contributed by atoms with Crippen LogP contribution in [0.4, 0.5) is 0 Å². The van der Waals surface area contributed by atoms with E-state index < -0.39 is 94.7 Å². The van der Waals surface area contributed by atoms with Gasteiger partial charge < -0.3 is 65.3 Å². The van der Waals surface area contributed by atoms with E-state index in [1.807, 2.05) is 0 Å². The summed E-state index contributed by atoms with van der Waals surface area (Å²) >= 11 is 0. The molecule has 0 aromatic heterocycles. The number of aliphatic hydroxyl groups is 4. The van der Waals surface area contributed by atoms with Gasteiger partial charge in [-0.2, -0.15) is 0 Å². The van der Waals surface area contributed by atoms with Gasteiger partial charge in [-0.05, 0) is 41.5 Å². The van der Waals surface area contributed by atoms with Gasteiger partial charge in [0.15, 0.2) is 23.1 Å². The highest BCUT2D eigenvalue weighted by Crippen LogP contribution is 2.54. The molecule has 51 heavy (non-hydrogen) atoms. The fourth-order valence-electron chi connectivity index (χ4n) is 5.97. The standard InChI is InChI=1S/C36H32O15/c37-14-25-29(43)33(47)34(48)35(51-25)28-30(44)27(20(40)10-3-15-1-6-17(38)7-2-15)31(45)36(32(28)46)49-19-8-4-16(5-9-19)23-13-22(42)26-21(41)11-18(39)12-24(26)50-23/h1-12,23,25,29,33-35,37-39,41,43-48H,13-14H2/b10-3+/t23-,25-,29-,33+,34-,35+/m0/s1. The molecule has 15 nitrogen and oxygen atoms in total. The van der Waals surface area contributed by atoms with Gasteiger partial charge in [-0.3, -0.25) is 9.59 Å². The molecule has 4 aromatic carbocycles. The molecule has 0 unspecified atom stereocenters. The van der Waals surface area contributed by atoms with Crippen molar-refractivity contribution in [2.75, 3.05) is 6.61 Å². The van der Waals surface area contributed by atoms with E-state index in [1.165, 1.54) is 60.7 Å². The van der Waals surface area contributed by atoms with Crippen LogP contribution in [0.2, 0.25) is 0 Å². The SMILES string of the molecule is O=C1C[C@@H](c2ccc(Oc3c(O)c(C(=O)/C=C/c4ccc(O)cc4)c(O)c([C@H]4O[C@@H](CO)[C@H](O)[C@@H](O)[C@@H]4O)c3O)cc2)Oc2cc(O)cc(O)c21. The molecule has 2 aliphatic rings. The number of benzene rings is 4.